The molecule has 0 fully saturated rings. The Hall–Kier alpha value is -2.10. The first kappa shape index (κ1) is 10.1. The van der Waals surface area contributed by atoms with Crippen molar-refractivity contribution in [2.75, 3.05) is 13.1 Å². The van der Waals surface area contributed by atoms with Crippen LogP contribution in [0.2, 0.25) is 0 Å². The molecule has 0 bridgehead atoms. The van der Waals surface area contributed by atoms with E-state index < -0.39 is 0 Å². The third-order valence-corrected chi connectivity index (χ3v) is 2.80. The van der Waals surface area contributed by atoms with Gasteiger partial charge in [-0.2, -0.15) is 0 Å². The second-order valence-electron chi connectivity index (χ2n) is 3.98. The Kier molecular flexibility index (Phi) is 2.62. The number of aliphatic imine (C=N–C) groups is 1. The van der Waals surface area contributed by atoms with Gasteiger partial charge in [0.05, 0.1) is 6.54 Å². The molecule has 3 heterocycles. The van der Waals surface area contributed by atoms with E-state index >= 15 is 0 Å². The summed E-state index contributed by atoms with van der Waals surface area (Å²) in [7, 11) is 0. The number of fused-ring (bicyclic) bond motifs is 1. The maximum atomic E-state index is 4.37. The van der Waals surface area contributed by atoms with Crippen LogP contribution >= 0.6 is 0 Å². The molecule has 0 unspecified atom stereocenters. The summed E-state index contributed by atoms with van der Waals surface area (Å²) in [5.74, 6) is 0.981. The fourth-order valence-corrected chi connectivity index (χ4v) is 1.97. The molecule has 0 radical (unpaired) electrons. The third-order valence-electron chi connectivity index (χ3n) is 2.80. The van der Waals surface area contributed by atoms with Gasteiger partial charge in [0.25, 0.3) is 0 Å². The number of nitrogens with one attached hydrogen (secondary N) is 1. The SMILES string of the molecule is C(=C\C1=NCCN1)/Cn1ccc2cccnc21. The Labute approximate surface area is 99.7 Å². The van der Waals surface area contributed by atoms with Crippen LogP contribution < -0.4 is 5.32 Å². The van der Waals surface area contributed by atoms with Crippen LogP contribution in [0.15, 0.2) is 47.7 Å². The quantitative estimate of drug-likeness (QED) is 0.863. The lowest BCUT2D eigenvalue weighted by Gasteiger charge is -1.99. The highest BCUT2D eigenvalue weighted by Crippen LogP contribution is 2.11. The minimum Gasteiger partial charge on any atom is -0.369 e. The first-order valence-electron chi connectivity index (χ1n) is 5.78. The molecule has 3 rings (SSSR count). The monoisotopic (exact) mass is 226 g/mol. The van der Waals surface area contributed by atoms with Crippen LogP contribution in [0.3, 0.4) is 0 Å². The van der Waals surface area contributed by atoms with Crippen molar-refractivity contribution in [2.45, 2.75) is 6.54 Å². The number of hydrogen-bond donors (Lipinski definition) is 1. The molecule has 0 aromatic carbocycles. The second kappa shape index (κ2) is 4.41. The fraction of sp³-hybridized carbons (Fsp3) is 0.231. The zero-order valence-corrected chi connectivity index (χ0v) is 9.50. The number of rotatable bonds is 3. The number of pyridine rings is 1. The summed E-state index contributed by atoms with van der Waals surface area (Å²) in [5, 5.41) is 4.39. The van der Waals surface area contributed by atoms with E-state index in [1.807, 2.05) is 18.3 Å². The summed E-state index contributed by atoms with van der Waals surface area (Å²) in [4.78, 5) is 8.69. The van der Waals surface area contributed by atoms with Gasteiger partial charge in [-0.15, -0.1) is 0 Å². The van der Waals surface area contributed by atoms with E-state index in [-0.39, 0.29) is 0 Å². The van der Waals surface area contributed by atoms with Crippen LogP contribution in [0.1, 0.15) is 0 Å². The zero-order valence-electron chi connectivity index (χ0n) is 9.50. The molecule has 4 nitrogen and oxygen atoms in total. The van der Waals surface area contributed by atoms with Gasteiger partial charge in [0.2, 0.25) is 0 Å². The summed E-state index contributed by atoms with van der Waals surface area (Å²) >= 11 is 0. The maximum Gasteiger partial charge on any atom is 0.140 e. The smallest absolute Gasteiger partial charge is 0.140 e. The molecule has 17 heavy (non-hydrogen) atoms. The van der Waals surface area contributed by atoms with E-state index in [0.29, 0.717) is 0 Å². The molecular weight excluding hydrogens is 212 g/mol. The number of aromatic nitrogens is 2. The lowest BCUT2D eigenvalue weighted by atomic mass is 10.3. The van der Waals surface area contributed by atoms with E-state index in [9.17, 15) is 0 Å². The van der Waals surface area contributed by atoms with Crippen LogP contribution in [0.5, 0.6) is 0 Å². The van der Waals surface area contributed by atoms with Gasteiger partial charge in [0.1, 0.15) is 11.5 Å². The van der Waals surface area contributed by atoms with Crippen molar-refractivity contribution < 1.29 is 0 Å². The number of hydrogen-bond acceptors (Lipinski definition) is 3. The standard InChI is InChI=1S/C13H14N4/c1-3-11-5-10-17(13(11)16-6-1)9-2-4-12-14-7-8-15-12/h1-6,10H,7-9H2,(H,14,15)/b4-2+. The number of amidine groups is 1. The van der Waals surface area contributed by atoms with Gasteiger partial charge in [-0.05, 0) is 24.3 Å². The van der Waals surface area contributed by atoms with E-state index in [2.05, 4.69) is 44.3 Å². The average Bonchev–Trinajstić information content (AvgIpc) is 2.99. The summed E-state index contributed by atoms with van der Waals surface area (Å²) in [6.07, 6.45) is 8.02. The van der Waals surface area contributed by atoms with Crippen molar-refractivity contribution in [2.24, 2.45) is 4.99 Å². The second-order valence-corrected chi connectivity index (χ2v) is 3.98. The molecular formula is C13H14N4. The Balaban J connectivity index is 1.76. The molecule has 1 aliphatic rings. The summed E-state index contributed by atoms with van der Waals surface area (Å²) in [6, 6.07) is 6.12. The fourth-order valence-electron chi connectivity index (χ4n) is 1.97. The molecule has 2 aromatic heterocycles. The van der Waals surface area contributed by atoms with Crippen molar-refractivity contribution in [1.29, 1.82) is 0 Å². The zero-order chi connectivity index (χ0) is 11.5. The van der Waals surface area contributed by atoms with Gasteiger partial charge in [0.15, 0.2) is 0 Å². The van der Waals surface area contributed by atoms with Gasteiger partial charge >= 0.3 is 0 Å². The summed E-state index contributed by atoms with van der Waals surface area (Å²) in [5.41, 5.74) is 1.03. The lowest BCUT2D eigenvalue weighted by molar-refractivity contribution is 0.850. The van der Waals surface area contributed by atoms with Crippen molar-refractivity contribution in [1.82, 2.24) is 14.9 Å². The minimum absolute atomic E-state index is 0.821. The van der Waals surface area contributed by atoms with Crippen LogP contribution in [-0.2, 0) is 6.54 Å². The minimum atomic E-state index is 0.821. The van der Waals surface area contributed by atoms with Crippen molar-refractivity contribution in [3.8, 4) is 0 Å². The maximum absolute atomic E-state index is 4.37. The van der Waals surface area contributed by atoms with Crippen LogP contribution in [-0.4, -0.2) is 28.5 Å². The van der Waals surface area contributed by atoms with Crippen molar-refractivity contribution in [3.63, 3.8) is 0 Å². The largest absolute Gasteiger partial charge is 0.369 e. The van der Waals surface area contributed by atoms with E-state index in [4.69, 9.17) is 0 Å². The predicted molar refractivity (Wildman–Crippen MR) is 69.2 cm³/mol. The molecule has 1 N–H and O–H groups in total. The van der Waals surface area contributed by atoms with E-state index in [0.717, 1.165) is 31.1 Å². The molecule has 1 aliphatic heterocycles. The Bertz CT molecular complexity index is 580. The normalized spacial score (nSPS) is 15.4. The average molecular weight is 226 g/mol. The van der Waals surface area contributed by atoms with E-state index in [1.54, 1.807) is 0 Å². The molecule has 0 spiro atoms. The summed E-state index contributed by atoms with van der Waals surface area (Å²) in [6.45, 7) is 2.66. The molecule has 0 saturated carbocycles. The molecule has 86 valence electrons. The molecule has 4 heteroatoms. The highest BCUT2D eigenvalue weighted by Gasteiger charge is 2.01. The van der Waals surface area contributed by atoms with Gasteiger partial charge in [0, 0.05) is 30.9 Å². The molecule has 0 atom stereocenters. The first-order valence-corrected chi connectivity index (χ1v) is 5.78. The molecule has 0 amide bonds. The Morgan fingerprint density at radius 2 is 2.41 bits per heavy atom. The Morgan fingerprint density at radius 3 is 3.29 bits per heavy atom. The van der Waals surface area contributed by atoms with Gasteiger partial charge in [-0.25, -0.2) is 4.98 Å². The molecule has 2 aromatic rings. The Morgan fingerprint density at radius 1 is 1.41 bits per heavy atom. The summed E-state index contributed by atoms with van der Waals surface area (Å²) < 4.78 is 2.13. The number of nitrogens with zero attached hydrogens (tertiary/aromatic N) is 3. The predicted octanol–water partition coefficient (Wildman–Crippen LogP) is 1.59. The van der Waals surface area contributed by atoms with Crippen LogP contribution in [0.25, 0.3) is 11.0 Å². The highest BCUT2D eigenvalue weighted by molar-refractivity contribution is 5.93. The lowest BCUT2D eigenvalue weighted by Crippen LogP contribution is -2.15. The third kappa shape index (κ3) is 2.06. The topological polar surface area (TPSA) is 42.2 Å². The molecule has 0 aliphatic carbocycles. The molecule has 0 saturated heterocycles. The first-order chi connectivity index (χ1) is 8.43. The van der Waals surface area contributed by atoms with Crippen molar-refractivity contribution in [3.05, 3.63) is 42.7 Å². The van der Waals surface area contributed by atoms with Gasteiger partial charge in [-0.3, -0.25) is 4.99 Å². The van der Waals surface area contributed by atoms with E-state index in [1.165, 1.54) is 5.39 Å². The highest BCUT2D eigenvalue weighted by atomic mass is 15.1. The van der Waals surface area contributed by atoms with Crippen LogP contribution in [0.4, 0.5) is 0 Å². The number of allylic oxidation sites excluding steroid dienone is 1. The van der Waals surface area contributed by atoms with Crippen LogP contribution in [0, 0.1) is 0 Å². The van der Waals surface area contributed by atoms with Crippen molar-refractivity contribution >= 4 is 16.9 Å². The van der Waals surface area contributed by atoms with Gasteiger partial charge in [-0.1, -0.05) is 6.08 Å². The van der Waals surface area contributed by atoms with Gasteiger partial charge < -0.3 is 9.88 Å².